The Morgan fingerprint density at radius 3 is 2.39 bits per heavy atom. The SMILES string of the molecule is COC(=O)c1c(Br)cc(C(F)F)nc1C(F)(F)F. The van der Waals surface area contributed by atoms with Crippen LogP contribution in [0.25, 0.3) is 0 Å². The molecule has 0 fully saturated rings. The van der Waals surface area contributed by atoms with Crippen LogP contribution < -0.4 is 0 Å². The van der Waals surface area contributed by atoms with Crippen molar-refractivity contribution in [1.29, 1.82) is 0 Å². The van der Waals surface area contributed by atoms with E-state index < -0.39 is 40.0 Å². The number of carbonyl (C=O) groups is 1. The lowest BCUT2D eigenvalue weighted by atomic mass is 10.1. The standard InChI is InChI=1S/C9H5BrF5NO2/c1-18-8(17)5-3(10)2-4(7(11)12)16-6(5)9(13,14)15/h2,7H,1H3. The van der Waals surface area contributed by atoms with Gasteiger partial charge < -0.3 is 4.74 Å². The number of methoxy groups -OCH3 is 1. The van der Waals surface area contributed by atoms with Crippen LogP contribution in [-0.4, -0.2) is 18.1 Å². The zero-order chi connectivity index (χ0) is 14.1. The van der Waals surface area contributed by atoms with Crippen molar-refractivity contribution in [3.63, 3.8) is 0 Å². The molecule has 1 heterocycles. The number of esters is 1. The second-order valence-electron chi connectivity index (χ2n) is 3.04. The van der Waals surface area contributed by atoms with Crippen LogP contribution in [0.15, 0.2) is 10.5 Å². The quantitative estimate of drug-likeness (QED) is 0.613. The van der Waals surface area contributed by atoms with Crippen LogP contribution in [0.3, 0.4) is 0 Å². The monoisotopic (exact) mass is 333 g/mol. The van der Waals surface area contributed by atoms with Crippen molar-refractivity contribution in [1.82, 2.24) is 4.98 Å². The van der Waals surface area contributed by atoms with Gasteiger partial charge in [-0.25, -0.2) is 18.6 Å². The van der Waals surface area contributed by atoms with E-state index in [1.165, 1.54) is 0 Å². The van der Waals surface area contributed by atoms with Crippen LogP contribution >= 0.6 is 15.9 Å². The third-order valence-corrected chi connectivity index (χ3v) is 2.50. The largest absolute Gasteiger partial charge is 0.465 e. The lowest BCUT2D eigenvalue weighted by Gasteiger charge is -2.13. The van der Waals surface area contributed by atoms with E-state index in [9.17, 15) is 26.7 Å². The first kappa shape index (κ1) is 14.8. The van der Waals surface area contributed by atoms with Gasteiger partial charge in [-0.3, -0.25) is 0 Å². The summed E-state index contributed by atoms with van der Waals surface area (Å²) in [5.74, 6) is -1.32. The van der Waals surface area contributed by atoms with Gasteiger partial charge in [-0.2, -0.15) is 13.2 Å². The molecule has 0 aliphatic rings. The van der Waals surface area contributed by atoms with E-state index >= 15 is 0 Å². The molecule has 0 saturated heterocycles. The summed E-state index contributed by atoms with van der Waals surface area (Å²) in [6, 6.07) is 0.645. The molecule has 0 amide bonds. The number of hydrogen-bond donors (Lipinski definition) is 0. The minimum atomic E-state index is -5.04. The van der Waals surface area contributed by atoms with E-state index in [-0.39, 0.29) is 0 Å². The molecule has 18 heavy (non-hydrogen) atoms. The average Bonchev–Trinajstić information content (AvgIpc) is 2.25. The van der Waals surface area contributed by atoms with Crippen molar-refractivity contribution in [3.8, 4) is 0 Å². The summed E-state index contributed by atoms with van der Waals surface area (Å²) in [5.41, 5.74) is -3.73. The van der Waals surface area contributed by atoms with E-state index in [0.717, 1.165) is 7.11 Å². The Morgan fingerprint density at radius 2 is 2.00 bits per heavy atom. The Morgan fingerprint density at radius 1 is 1.44 bits per heavy atom. The zero-order valence-corrected chi connectivity index (χ0v) is 10.3. The van der Waals surface area contributed by atoms with Crippen molar-refractivity contribution in [3.05, 3.63) is 27.5 Å². The minimum absolute atomic E-state index is 0.452. The number of pyridine rings is 1. The van der Waals surface area contributed by atoms with Gasteiger partial charge in [-0.05, 0) is 22.0 Å². The number of ether oxygens (including phenoxy) is 1. The summed E-state index contributed by atoms with van der Waals surface area (Å²) < 4.78 is 66.3. The van der Waals surface area contributed by atoms with Gasteiger partial charge >= 0.3 is 12.1 Å². The van der Waals surface area contributed by atoms with Crippen molar-refractivity contribution >= 4 is 21.9 Å². The molecule has 0 radical (unpaired) electrons. The first-order chi connectivity index (χ1) is 8.18. The fraction of sp³-hybridized carbons (Fsp3) is 0.333. The van der Waals surface area contributed by atoms with Crippen LogP contribution in [0.1, 0.15) is 28.2 Å². The lowest BCUT2D eigenvalue weighted by Crippen LogP contribution is -2.18. The Bertz CT molecular complexity index is 475. The lowest BCUT2D eigenvalue weighted by molar-refractivity contribution is -0.142. The highest BCUT2D eigenvalue weighted by Gasteiger charge is 2.40. The molecule has 1 aromatic heterocycles. The van der Waals surface area contributed by atoms with Crippen LogP contribution in [-0.2, 0) is 10.9 Å². The molecule has 0 unspecified atom stereocenters. The normalized spacial score (nSPS) is 11.8. The van der Waals surface area contributed by atoms with Crippen molar-refractivity contribution < 1.29 is 31.5 Å². The Hall–Kier alpha value is -1.25. The predicted molar refractivity (Wildman–Crippen MR) is 53.2 cm³/mol. The number of rotatable bonds is 2. The highest BCUT2D eigenvalue weighted by Crippen LogP contribution is 2.36. The van der Waals surface area contributed by atoms with Crippen molar-refractivity contribution in [2.24, 2.45) is 0 Å². The number of halogens is 6. The summed E-state index contributed by atoms with van der Waals surface area (Å²) in [6.45, 7) is 0. The highest BCUT2D eigenvalue weighted by atomic mass is 79.9. The van der Waals surface area contributed by atoms with E-state index in [1.54, 1.807) is 0 Å². The second-order valence-corrected chi connectivity index (χ2v) is 3.90. The van der Waals surface area contributed by atoms with Gasteiger partial charge in [-0.15, -0.1) is 0 Å². The van der Waals surface area contributed by atoms with E-state index in [4.69, 9.17) is 0 Å². The van der Waals surface area contributed by atoms with Gasteiger partial charge in [-0.1, -0.05) is 0 Å². The van der Waals surface area contributed by atoms with Gasteiger partial charge in [0.05, 0.1) is 7.11 Å². The number of nitrogens with zero attached hydrogens (tertiary/aromatic N) is 1. The maximum atomic E-state index is 12.6. The highest BCUT2D eigenvalue weighted by molar-refractivity contribution is 9.10. The smallest absolute Gasteiger partial charge is 0.434 e. The van der Waals surface area contributed by atoms with E-state index in [2.05, 4.69) is 25.7 Å². The third-order valence-electron chi connectivity index (χ3n) is 1.87. The zero-order valence-electron chi connectivity index (χ0n) is 8.69. The fourth-order valence-electron chi connectivity index (χ4n) is 1.15. The fourth-order valence-corrected chi connectivity index (χ4v) is 1.73. The molecular weight excluding hydrogens is 329 g/mol. The Labute approximate surface area is 106 Å². The molecule has 0 aromatic carbocycles. The number of alkyl halides is 5. The molecule has 1 rings (SSSR count). The molecule has 0 N–H and O–H groups in total. The molecular formula is C9H5BrF5NO2. The molecule has 100 valence electrons. The Balaban J connectivity index is 3.55. The van der Waals surface area contributed by atoms with Crippen LogP contribution in [0.5, 0.6) is 0 Å². The number of aromatic nitrogens is 1. The summed E-state index contributed by atoms with van der Waals surface area (Å²) in [5, 5.41) is 0. The molecule has 3 nitrogen and oxygen atoms in total. The first-order valence-electron chi connectivity index (χ1n) is 4.32. The Kier molecular flexibility index (Phi) is 4.25. The van der Waals surface area contributed by atoms with Crippen molar-refractivity contribution in [2.75, 3.05) is 7.11 Å². The third kappa shape index (κ3) is 2.95. The maximum absolute atomic E-state index is 12.6. The molecule has 0 aliphatic carbocycles. The van der Waals surface area contributed by atoms with Crippen LogP contribution in [0, 0.1) is 0 Å². The second kappa shape index (κ2) is 5.17. The maximum Gasteiger partial charge on any atom is 0.434 e. The topological polar surface area (TPSA) is 39.2 Å². The van der Waals surface area contributed by atoms with Gasteiger partial charge in [0.15, 0.2) is 5.69 Å². The van der Waals surface area contributed by atoms with Gasteiger partial charge in [0, 0.05) is 4.47 Å². The molecule has 0 atom stereocenters. The summed E-state index contributed by atoms with van der Waals surface area (Å²) in [6.07, 6.45) is -8.23. The molecule has 1 aromatic rings. The van der Waals surface area contributed by atoms with Gasteiger partial charge in [0.2, 0.25) is 0 Å². The first-order valence-corrected chi connectivity index (χ1v) is 5.12. The molecule has 0 saturated carbocycles. The predicted octanol–water partition coefficient (Wildman–Crippen LogP) is 3.59. The van der Waals surface area contributed by atoms with E-state index in [0.29, 0.717) is 6.07 Å². The summed E-state index contributed by atoms with van der Waals surface area (Å²) >= 11 is 2.63. The number of hydrogen-bond acceptors (Lipinski definition) is 3. The molecule has 0 aliphatic heterocycles. The molecule has 9 heteroatoms. The van der Waals surface area contributed by atoms with Gasteiger partial charge in [0.1, 0.15) is 11.3 Å². The summed E-state index contributed by atoms with van der Waals surface area (Å²) in [4.78, 5) is 14.0. The molecule has 0 bridgehead atoms. The summed E-state index contributed by atoms with van der Waals surface area (Å²) in [7, 11) is 0.871. The molecule has 0 spiro atoms. The van der Waals surface area contributed by atoms with Gasteiger partial charge in [0.25, 0.3) is 6.43 Å². The number of carbonyl (C=O) groups excluding carboxylic acids is 1. The van der Waals surface area contributed by atoms with Crippen LogP contribution in [0.4, 0.5) is 22.0 Å². The van der Waals surface area contributed by atoms with Crippen molar-refractivity contribution in [2.45, 2.75) is 12.6 Å². The van der Waals surface area contributed by atoms with Crippen LogP contribution in [0.2, 0.25) is 0 Å². The minimum Gasteiger partial charge on any atom is -0.465 e. The average molecular weight is 334 g/mol. The van der Waals surface area contributed by atoms with E-state index in [1.807, 2.05) is 0 Å².